The summed E-state index contributed by atoms with van der Waals surface area (Å²) in [4.78, 5) is 12.7. The quantitative estimate of drug-likeness (QED) is 0.757. The number of ether oxygens (including phenoxy) is 1. The lowest BCUT2D eigenvalue weighted by Gasteiger charge is -2.31. The van der Waals surface area contributed by atoms with E-state index in [4.69, 9.17) is 27.9 Å². The third-order valence-electron chi connectivity index (χ3n) is 4.61. The second-order valence-corrected chi connectivity index (χ2v) is 9.28. The molecule has 0 spiro atoms. The summed E-state index contributed by atoms with van der Waals surface area (Å²) in [7, 11) is -2.30. The molecule has 0 saturated carbocycles. The molecule has 3 rings (SSSR count). The van der Waals surface area contributed by atoms with Gasteiger partial charge in [-0.2, -0.15) is 4.31 Å². The Bertz CT molecular complexity index is 982. The number of hydrogen-bond acceptors (Lipinski definition) is 4. The van der Waals surface area contributed by atoms with E-state index in [1.807, 2.05) is 0 Å². The average molecular weight is 443 g/mol. The first-order chi connectivity index (χ1) is 13.3. The van der Waals surface area contributed by atoms with Crippen LogP contribution in [-0.4, -0.2) is 38.8 Å². The SMILES string of the molecule is COc1ccc(S(=O)(=O)N2CCC[C@H](C(=O)Nc3cccc(Cl)c3)C2)cc1Cl. The smallest absolute Gasteiger partial charge is 0.243 e. The Kier molecular flexibility index (Phi) is 6.50. The van der Waals surface area contributed by atoms with E-state index in [1.165, 1.54) is 29.6 Å². The van der Waals surface area contributed by atoms with Gasteiger partial charge in [0.1, 0.15) is 5.75 Å². The van der Waals surface area contributed by atoms with Gasteiger partial charge in [-0.25, -0.2) is 8.42 Å². The first-order valence-electron chi connectivity index (χ1n) is 8.71. The molecule has 28 heavy (non-hydrogen) atoms. The number of methoxy groups -OCH3 is 1. The predicted octanol–water partition coefficient (Wildman–Crippen LogP) is 4.04. The van der Waals surface area contributed by atoms with Gasteiger partial charge in [0.2, 0.25) is 15.9 Å². The predicted molar refractivity (Wildman–Crippen MR) is 110 cm³/mol. The molecule has 150 valence electrons. The summed E-state index contributed by atoms with van der Waals surface area (Å²) in [6.07, 6.45) is 1.21. The number of carbonyl (C=O) groups is 1. The zero-order chi connectivity index (χ0) is 20.3. The fourth-order valence-corrected chi connectivity index (χ4v) is 5.21. The highest BCUT2D eigenvalue weighted by Gasteiger charge is 2.33. The molecule has 1 amide bonds. The van der Waals surface area contributed by atoms with Crippen LogP contribution in [0.1, 0.15) is 12.8 Å². The topological polar surface area (TPSA) is 75.7 Å². The summed E-state index contributed by atoms with van der Waals surface area (Å²) < 4.78 is 32.4. The zero-order valence-corrected chi connectivity index (χ0v) is 17.5. The molecule has 2 aromatic rings. The van der Waals surface area contributed by atoms with Gasteiger partial charge in [-0.15, -0.1) is 0 Å². The third-order valence-corrected chi connectivity index (χ3v) is 7.00. The van der Waals surface area contributed by atoms with Crippen LogP contribution < -0.4 is 10.1 Å². The highest BCUT2D eigenvalue weighted by atomic mass is 35.5. The van der Waals surface area contributed by atoms with Crippen LogP contribution in [0.25, 0.3) is 0 Å². The number of benzene rings is 2. The van der Waals surface area contributed by atoms with Crippen LogP contribution in [0.3, 0.4) is 0 Å². The zero-order valence-electron chi connectivity index (χ0n) is 15.2. The molecule has 0 aromatic heterocycles. The van der Waals surface area contributed by atoms with Gasteiger partial charge < -0.3 is 10.1 Å². The van der Waals surface area contributed by atoms with E-state index in [0.29, 0.717) is 35.8 Å². The standard InChI is InChI=1S/C19H20Cl2N2O4S/c1-27-18-8-7-16(11-17(18)21)28(25,26)23-9-3-4-13(12-23)19(24)22-15-6-2-5-14(20)10-15/h2,5-8,10-11,13H,3-4,9,12H2,1H3,(H,22,24)/t13-/m0/s1. The molecule has 1 aliphatic rings. The number of amides is 1. The summed E-state index contributed by atoms with van der Waals surface area (Å²) in [5.74, 6) is -0.274. The lowest BCUT2D eigenvalue weighted by Crippen LogP contribution is -2.43. The molecule has 1 atom stereocenters. The summed E-state index contributed by atoms with van der Waals surface area (Å²) in [6, 6.07) is 11.2. The number of nitrogens with one attached hydrogen (secondary N) is 1. The first-order valence-corrected chi connectivity index (χ1v) is 10.9. The average Bonchev–Trinajstić information content (AvgIpc) is 2.68. The van der Waals surface area contributed by atoms with E-state index in [0.717, 1.165) is 0 Å². The Balaban J connectivity index is 1.74. The van der Waals surface area contributed by atoms with Gasteiger partial charge in [-0.1, -0.05) is 29.3 Å². The van der Waals surface area contributed by atoms with Gasteiger partial charge in [-0.3, -0.25) is 4.79 Å². The molecule has 9 heteroatoms. The highest BCUT2D eigenvalue weighted by Crippen LogP contribution is 2.30. The van der Waals surface area contributed by atoms with Gasteiger partial charge in [-0.05, 0) is 49.2 Å². The number of carbonyl (C=O) groups excluding carboxylic acids is 1. The van der Waals surface area contributed by atoms with Crippen molar-refractivity contribution in [2.75, 3.05) is 25.5 Å². The Labute approximate surface area is 174 Å². The Morgan fingerprint density at radius 3 is 2.68 bits per heavy atom. The van der Waals surface area contributed by atoms with Crippen LogP contribution in [0.4, 0.5) is 5.69 Å². The molecule has 1 N–H and O–H groups in total. The first kappa shape index (κ1) is 20.9. The summed E-state index contributed by atoms with van der Waals surface area (Å²) in [6.45, 7) is 0.464. The molecule has 0 unspecified atom stereocenters. The molecule has 0 radical (unpaired) electrons. The number of halogens is 2. The van der Waals surface area contributed by atoms with E-state index in [1.54, 1.807) is 24.3 Å². The van der Waals surface area contributed by atoms with Gasteiger partial charge >= 0.3 is 0 Å². The fraction of sp³-hybridized carbons (Fsp3) is 0.316. The molecule has 6 nitrogen and oxygen atoms in total. The van der Waals surface area contributed by atoms with Gasteiger partial charge in [0.05, 0.1) is 22.9 Å². The minimum atomic E-state index is -3.76. The van der Waals surface area contributed by atoms with E-state index in [9.17, 15) is 13.2 Å². The summed E-state index contributed by atoms with van der Waals surface area (Å²) in [5, 5.41) is 3.54. The van der Waals surface area contributed by atoms with Crippen molar-refractivity contribution in [3.63, 3.8) is 0 Å². The lowest BCUT2D eigenvalue weighted by atomic mass is 9.99. The van der Waals surface area contributed by atoms with Gasteiger partial charge in [0, 0.05) is 23.8 Å². The molecule has 1 fully saturated rings. The molecule has 0 aliphatic carbocycles. The van der Waals surface area contributed by atoms with Crippen molar-refractivity contribution in [3.05, 3.63) is 52.5 Å². The number of sulfonamides is 1. The monoisotopic (exact) mass is 442 g/mol. The van der Waals surface area contributed by atoms with Crippen molar-refractivity contribution in [2.45, 2.75) is 17.7 Å². The molecule has 1 aliphatic heterocycles. The van der Waals surface area contributed by atoms with Crippen molar-refractivity contribution in [1.82, 2.24) is 4.31 Å². The lowest BCUT2D eigenvalue weighted by molar-refractivity contribution is -0.120. The van der Waals surface area contributed by atoms with Crippen LogP contribution in [0.5, 0.6) is 5.75 Å². The Morgan fingerprint density at radius 1 is 1.21 bits per heavy atom. The third kappa shape index (κ3) is 4.60. The normalized spacial score (nSPS) is 17.9. The molecular formula is C19H20Cl2N2O4S. The summed E-state index contributed by atoms with van der Waals surface area (Å²) >= 11 is 12.0. The van der Waals surface area contributed by atoms with Crippen LogP contribution in [0.2, 0.25) is 10.0 Å². The van der Waals surface area contributed by atoms with Crippen LogP contribution in [0.15, 0.2) is 47.4 Å². The van der Waals surface area contributed by atoms with Crippen LogP contribution >= 0.6 is 23.2 Å². The maximum absolute atomic E-state index is 13.0. The minimum Gasteiger partial charge on any atom is -0.495 e. The molecule has 1 saturated heterocycles. The molecular weight excluding hydrogens is 423 g/mol. The van der Waals surface area contributed by atoms with E-state index in [2.05, 4.69) is 5.32 Å². The Hall–Kier alpha value is -1.80. The van der Waals surface area contributed by atoms with Crippen molar-refractivity contribution in [3.8, 4) is 5.75 Å². The Morgan fingerprint density at radius 2 is 2.00 bits per heavy atom. The van der Waals surface area contributed by atoms with Crippen molar-refractivity contribution >= 4 is 44.8 Å². The van der Waals surface area contributed by atoms with Crippen molar-refractivity contribution in [1.29, 1.82) is 0 Å². The maximum Gasteiger partial charge on any atom is 0.243 e. The number of nitrogens with zero attached hydrogens (tertiary/aromatic N) is 1. The summed E-state index contributed by atoms with van der Waals surface area (Å²) in [5.41, 5.74) is 0.583. The second-order valence-electron chi connectivity index (χ2n) is 6.50. The van der Waals surface area contributed by atoms with Gasteiger partial charge in [0.25, 0.3) is 0 Å². The largest absolute Gasteiger partial charge is 0.495 e. The number of anilines is 1. The number of rotatable bonds is 5. The van der Waals surface area contributed by atoms with Crippen LogP contribution in [0, 0.1) is 5.92 Å². The van der Waals surface area contributed by atoms with Crippen LogP contribution in [-0.2, 0) is 14.8 Å². The van der Waals surface area contributed by atoms with Gasteiger partial charge in [0.15, 0.2) is 0 Å². The molecule has 2 aromatic carbocycles. The van der Waals surface area contributed by atoms with Crippen molar-refractivity contribution in [2.24, 2.45) is 5.92 Å². The molecule has 0 bridgehead atoms. The second kappa shape index (κ2) is 8.69. The number of piperidine rings is 1. The van der Waals surface area contributed by atoms with E-state index < -0.39 is 15.9 Å². The van der Waals surface area contributed by atoms with E-state index >= 15 is 0 Å². The number of hydrogen-bond donors (Lipinski definition) is 1. The van der Waals surface area contributed by atoms with Crippen molar-refractivity contribution < 1.29 is 17.9 Å². The fourth-order valence-electron chi connectivity index (χ4n) is 3.14. The highest BCUT2D eigenvalue weighted by molar-refractivity contribution is 7.89. The maximum atomic E-state index is 13.0. The van der Waals surface area contributed by atoms with E-state index in [-0.39, 0.29) is 22.4 Å². The molecule has 1 heterocycles. The minimum absolute atomic E-state index is 0.0780.